The molecular weight excluding hydrogens is 248 g/mol. The van der Waals surface area contributed by atoms with Gasteiger partial charge in [0.1, 0.15) is 11.6 Å². The van der Waals surface area contributed by atoms with Gasteiger partial charge in [0, 0.05) is 6.54 Å². The van der Waals surface area contributed by atoms with Crippen LogP contribution in [0, 0.1) is 0 Å². The number of amides is 1. The fourth-order valence-corrected chi connectivity index (χ4v) is 1.50. The molecule has 112 valence electrons. The largest absolute Gasteiger partial charge is 0.468 e. The first kappa shape index (κ1) is 17.7. The molecule has 0 aliphatic rings. The molecule has 0 heterocycles. The van der Waals surface area contributed by atoms with E-state index in [4.69, 9.17) is 4.74 Å². The molecule has 0 aliphatic carbocycles. The van der Waals surface area contributed by atoms with E-state index in [2.05, 4.69) is 15.4 Å². The molecule has 0 saturated heterocycles. The van der Waals surface area contributed by atoms with Gasteiger partial charge in [0.05, 0.1) is 7.11 Å². The molecule has 0 aromatic carbocycles. The third-order valence-corrected chi connectivity index (χ3v) is 2.42. The van der Waals surface area contributed by atoms with Gasteiger partial charge in [-0.15, -0.1) is 0 Å². The number of nitrogens with one attached hydrogen (secondary N) is 2. The third kappa shape index (κ3) is 9.30. The standard InChI is InChI=1S/C13H26N2O4/c1-13(2,3)19-12(17)15-9-7-6-8-10(14-4)11(16)18-5/h10,14H,6-9H2,1-5H3,(H,15,17). The minimum absolute atomic E-state index is 0.261. The number of hydrogen-bond acceptors (Lipinski definition) is 5. The van der Waals surface area contributed by atoms with Crippen LogP contribution in [0.2, 0.25) is 0 Å². The van der Waals surface area contributed by atoms with E-state index in [-0.39, 0.29) is 12.0 Å². The summed E-state index contributed by atoms with van der Waals surface area (Å²) in [6, 6.07) is -0.286. The van der Waals surface area contributed by atoms with E-state index in [0.717, 1.165) is 12.8 Å². The Labute approximate surface area is 115 Å². The molecule has 0 bridgehead atoms. The second-order valence-electron chi connectivity index (χ2n) is 5.29. The van der Waals surface area contributed by atoms with Gasteiger partial charge in [0.15, 0.2) is 0 Å². The van der Waals surface area contributed by atoms with Gasteiger partial charge in [-0.3, -0.25) is 4.79 Å². The fraction of sp³-hybridized carbons (Fsp3) is 0.846. The van der Waals surface area contributed by atoms with Gasteiger partial charge < -0.3 is 20.1 Å². The maximum Gasteiger partial charge on any atom is 0.407 e. The Morgan fingerprint density at radius 2 is 1.84 bits per heavy atom. The minimum Gasteiger partial charge on any atom is -0.468 e. The first-order valence-corrected chi connectivity index (χ1v) is 6.52. The Hall–Kier alpha value is -1.30. The molecular formula is C13H26N2O4. The van der Waals surface area contributed by atoms with Crippen LogP contribution >= 0.6 is 0 Å². The highest BCUT2D eigenvalue weighted by atomic mass is 16.6. The molecule has 0 aromatic heterocycles. The van der Waals surface area contributed by atoms with Crippen LogP contribution in [-0.2, 0) is 14.3 Å². The lowest BCUT2D eigenvalue weighted by atomic mass is 10.1. The van der Waals surface area contributed by atoms with Gasteiger partial charge in [-0.2, -0.15) is 0 Å². The molecule has 0 fully saturated rings. The van der Waals surface area contributed by atoms with Crippen LogP contribution < -0.4 is 10.6 Å². The van der Waals surface area contributed by atoms with E-state index in [1.165, 1.54) is 7.11 Å². The van der Waals surface area contributed by atoms with Crippen molar-refractivity contribution in [3.8, 4) is 0 Å². The van der Waals surface area contributed by atoms with Crippen LogP contribution in [0.25, 0.3) is 0 Å². The summed E-state index contributed by atoms with van der Waals surface area (Å²) in [5.41, 5.74) is -0.480. The molecule has 0 rings (SSSR count). The zero-order chi connectivity index (χ0) is 14.9. The van der Waals surface area contributed by atoms with Crippen molar-refractivity contribution in [3.05, 3.63) is 0 Å². The molecule has 6 heteroatoms. The zero-order valence-electron chi connectivity index (χ0n) is 12.5. The van der Waals surface area contributed by atoms with Crippen molar-refractivity contribution in [2.75, 3.05) is 20.7 Å². The summed E-state index contributed by atoms with van der Waals surface area (Å²) >= 11 is 0. The van der Waals surface area contributed by atoms with Gasteiger partial charge >= 0.3 is 12.1 Å². The molecule has 6 nitrogen and oxygen atoms in total. The quantitative estimate of drug-likeness (QED) is 0.542. The van der Waals surface area contributed by atoms with Crippen molar-refractivity contribution < 1.29 is 19.1 Å². The van der Waals surface area contributed by atoms with E-state index in [0.29, 0.717) is 13.0 Å². The van der Waals surface area contributed by atoms with Crippen LogP contribution in [0.1, 0.15) is 40.0 Å². The van der Waals surface area contributed by atoms with Crippen molar-refractivity contribution in [1.82, 2.24) is 10.6 Å². The predicted molar refractivity (Wildman–Crippen MR) is 73.0 cm³/mol. The highest BCUT2D eigenvalue weighted by molar-refractivity contribution is 5.75. The Morgan fingerprint density at radius 1 is 1.21 bits per heavy atom. The maximum atomic E-state index is 11.3. The van der Waals surface area contributed by atoms with E-state index >= 15 is 0 Å². The Balaban J connectivity index is 3.70. The lowest BCUT2D eigenvalue weighted by Crippen LogP contribution is -2.35. The number of alkyl carbamates (subject to hydrolysis) is 1. The van der Waals surface area contributed by atoms with Gasteiger partial charge in [-0.25, -0.2) is 4.79 Å². The first-order chi connectivity index (χ1) is 8.80. The number of methoxy groups -OCH3 is 1. The molecule has 0 radical (unpaired) electrons. The van der Waals surface area contributed by atoms with Crippen LogP contribution in [0.4, 0.5) is 4.79 Å². The number of carbonyl (C=O) groups is 2. The Bertz CT molecular complexity index is 287. The highest BCUT2D eigenvalue weighted by Crippen LogP contribution is 2.06. The van der Waals surface area contributed by atoms with Gasteiger partial charge in [-0.05, 0) is 47.1 Å². The topological polar surface area (TPSA) is 76.7 Å². The van der Waals surface area contributed by atoms with Crippen LogP contribution in [-0.4, -0.2) is 44.4 Å². The normalized spacial score (nSPS) is 12.7. The summed E-state index contributed by atoms with van der Waals surface area (Å²) in [4.78, 5) is 22.6. The molecule has 0 saturated carbocycles. The van der Waals surface area contributed by atoms with Crippen molar-refractivity contribution >= 4 is 12.1 Å². The summed E-state index contributed by atoms with van der Waals surface area (Å²) < 4.78 is 9.77. The fourth-order valence-electron chi connectivity index (χ4n) is 1.50. The van der Waals surface area contributed by atoms with Crippen molar-refractivity contribution in [3.63, 3.8) is 0 Å². The summed E-state index contributed by atoms with van der Waals surface area (Å²) in [6.45, 7) is 5.99. The van der Waals surface area contributed by atoms with E-state index < -0.39 is 11.7 Å². The molecule has 19 heavy (non-hydrogen) atoms. The average molecular weight is 274 g/mol. The number of ether oxygens (including phenoxy) is 2. The molecule has 1 unspecified atom stereocenters. The minimum atomic E-state index is -0.480. The Morgan fingerprint density at radius 3 is 2.32 bits per heavy atom. The lowest BCUT2D eigenvalue weighted by molar-refractivity contribution is -0.143. The second-order valence-corrected chi connectivity index (χ2v) is 5.29. The summed E-state index contributed by atoms with van der Waals surface area (Å²) in [5, 5.41) is 5.57. The van der Waals surface area contributed by atoms with Crippen molar-refractivity contribution in [1.29, 1.82) is 0 Å². The van der Waals surface area contributed by atoms with Crippen LogP contribution in [0.15, 0.2) is 0 Å². The number of hydrogen-bond donors (Lipinski definition) is 2. The molecule has 0 spiro atoms. The van der Waals surface area contributed by atoms with Crippen molar-refractivity contribution in [2.24, 2.45) is 0 Å². The monoisotopic (exact) mass is 274 g/mol. The molecule has 2 N–H and O–H groups in total. The smallest absolute Gasteiger partial charge is 0.407 e. The molecule has 1 atom stereocenters. The summed E-state index contributed by atoms with van der Waals surface area (Å²) in [7, 11) is 3.09. The molecule has 0 aliphatic heterocycles. The summed E-state index contributed by atoms with van der Waals surface area (Å²) in [5.74, 6) is -0.261. The molecule has 1 amide bonds. The van der Waals surface area contributed by atoms with Gasteiger partial charge in [-0.1, -0.05) is 0 Å². The summed E-state index contributed by atoms with van der Waals surface area (Å²) in [6.07, 6.45) is 1.87. The number of likely N-dealkylation sites (N-methyl/N-ethyl adjacent to an activating group) is 1. The van der Waals surface area contributed by atoms with Crippen molar-refractivity contribution in [2.45, 2.75) is 51.7 Å². The first-order valence-electron chi connectivity index (χ1n) is 6.52. The third-order valence-electron chi connectivity index (χ3n) is 2.42. The van der Waals surface area contributed by atoms with Gasteiger partial charge in [0.2, 0.25) is 0 Å². The maximum absolute atomic E-state index is 11.3. The SMILES string of the molecule is CNC(CCCCNC(=O)OC(C)(C)C)C(=O)OC. The number of esters is 1. The Kier molecular flexibility index (Phi) is 8.14. The zero-order valence-corrected chi connectivity index (χ0v) is 12.5. The molecule has 0 aromatic rings. The average Bonchev–Trinajstić information content (AvgIpc) is 2.30. The number of rotatable bonds is 7. The van der Waals surface area contributed by atoms with Crippen LogP contribution in [0.5, 0.6) is 0 Å². The number of carbonyl (C=O) groups excluding carboxylic acids is 2. The number of unbranched alkanes of at least 4 members (excludes halogenated alkanes) is 1. The second kappa shape index (κ2) is 8.74. The van der Waals surface area contributed by atoms with Gasteiger partial charge in [0.25, 0.3) is 0 Å². The van der Waals surface area contributed by atoms with E-state index in [1.54, 1.807) is 7.05 Å². The van der Waals surface area contributed by atoms with E-state index in [1.807, 2.05) is 20.8 Å². The predicted octanol–water partition coefficient (Wildman–Crippen LogP) is 1.44. The lowest BCUT2D eigenvalue weighted by Gasteiger charge is -2.19. The van der Waals surface area contributed by atoms with Crippen LogP contribution in [0.3, 0.4) is 0 Å². The highest BCUT2D eigenvalue weighted by Gasteiger charge is 2.17. The van der Waals surface area contributed by atoms with E-state index in [9.17, 15) is 9.59 Å².